The van der Waals surface area contributed by atoms with Gasteiger partial charge in [0, 0.05) is 6.54 Å². The van der Waals surface area contributed by atoms with Gasteiger partial charge in [-0.15, -0.1) is 0 Å². The number of nitrogens with two attached hydrogens (primary N) is 1. The summed E-state index contributed by atoms with van der Waals surface area (Å²) in [6.45, 7) is 7.52. The van der Waals surface area contributed by atoms with Crippen LogP contribution in [0.1, 0.15) is 38.7 Å². The van der Waals surface area contributed by atoms with E-state index in [2.05, 4.69) is 18.7 Å². The molecular weight excluding hydrogens is 236 g/mol. The molecule has 1 rings (SSSR count). The van der Waals surface area contributed by atoms with Gasteiger partial charge < -0.3 is 15.7 Å². The third kappa shape index (κ3) is 4.94. The van der Waals surface area contributed by atoms with Crippen molar-refractivity contribution in [2.45, 2.75) is 38.6 Å². The number of nitrogens with zero attached hydrogens (tertiary/aromatic N) is 1. The summed E-state index contributed by atoms with van der Waals surface area (Å²) >= 11 is 0. The normalized spacial score (nSPS) is 14.6. The zero-order valence-corrected chi connectivity index (χ0v) is 12.3. The Morgan fingerprint density at radius 2 is 1.63 bits per heavy atom. The van der Waals surface area contributed by atoms with Crippen LogP contribution >= 0.6 is 0 Å². The molecule has 1 unspecified atom stereocenters. The zero-order chi connectivity index (χ0) is 14.1. The van der Waals surface area contributed by atoms with Gasteiger partial charge in [-0.05, 0) is 37.9 Å². The standard InChI is InChI=1S/C16H28N2O/c1-3-11-18(12-4-2)13-10-16(17,14-19)15-8-6-5-7-9-15/h5-9,19H,3-4,10-14,17H2,1-2H3. The Morgan fingerprint density at radius 1 is 1.05 bits per heavy atom. The molecule has 1 atom stereocenters. The molecule has 0 spiro atoms. The quantitative estimate of drug-likeness (QED) is 0.720. The maximum Gasteiger partial charge on any atom is 0.0656 e. The molecule has 3 nitrogen and oxygen atoms in total. The second kappa shape index (κ2) is 8.31. The smallest absolute Gasteiger partial charge is 0.0656 e. The molecule has 0 fully saturated rings. The Balaban J connectivity index is 2.65. The third-order valence-corrected chi connectivity index (χ3v) is 3.58. The predicted molar refractivity (Wildman–Crippen MR) is 81.0 cm³/mol. The van der Waals surface area contributed by atoms with Crippen LogP contribution in [0, 0.1) is 0 Å². The van der Waals surface area contributed by atoms with Crippen molar-refractivity contribution in [3.05, 3.63) is 35.9 Å². The van der Waals surface area contributed by atoms with Crippen molar-refractivity contribution in [1.82, 2.24) is 4.90 Å². The molecule has 0 aliphatic rings. The molecule has 3 N–H and O–H groups in total. The van der Waals surface area contributed by atoms with Gasteiger partial charge in [0.05, 0.1) is 12.1 Å². The second-order valence-corrected chi connectivity index (χ2v) is 5.27. The van der Waals surface area contributed by atoms with Crippen LogP contribution in [-0.2, 0) is 5.54 Å². The molecular formula is C16H28N2O. The van der Waals surface area contributed by atoms with Crippen LogP contribution in [0.4, 0.5) is 0 Å². The van der Waals surface area contributed by atoms with Gasteiger partial charge in [0.25, 0.3) is 0 Å². The third-order valence-electron chi connectivity index (χ3n) is 3.58. The highest BCUT2D eigenvalue weighted by Crippen LogP contribution is 2.22. The zero-order valence-electron chi connectivity index (χ0n) is 12.3. The summed E-state index contributed by atoms with van der Waals surface area (Å²) in [6.07, 6.45) is 3.09. The van der Waals surface area contributed by atoms with Crippen molar-refractivity contribution >= 4 is 0 Å². The van der Waals surface area contributed by atoms with Crippen molar-refractivity contribution in [2.24, 2.45) is 5.73 Å². The highest BCUT2D eigenvalue weighted by Gasteiger charge is 2.26. The first-order valence-electron chi connectivity index (χ1n) is 7.34. The van der Waals surface area contributed by atoms with Crippen LogP contribution < -0.4 is 5.73 Å². The van der Waals surface area contributed by atoms with Crippen molar-refractivity contribution < 1.29 is 5.11 Å². The number of rotatable bonds is 9. The Bertz CT molecular complexity index is 336. The molecule has 108 valence electrons. The number of benzene rings is 1. The van der Waals surface area contributed by atoms with Crippen LogP contribution in [0.3, 0.4) is 0 Å². The summed E-state index contributed by atoms with van der Waals surface area (Å²) in [6, 6.07) is 9.92. The maximum atomic E-state index is 9.67. The number of hydrogen-bond donors (Lipinski definition) is 2. The van der Waals surface area contributed by atoms with E-state index < -0.39 is 5.54 Å². The Kier molecular flexibility index (Phi) is 7.06. The van der Waals surface area contributed by atoms with E-state index in [-0.39, 0.29) is 6.61 Å². The van der Waals surface area contributed by atoms with Crippen LogP contribution in [0.15, 0.2) is 30.3 Å². The summed E-state index contributed by atoms with van der Waals surface area (Å²) in [5.41, 5.74) is 6.78. The van der Waals surface area contributed by atoms with E-state index in [1.165, 1.54) is 0 Å². The lowest BCUT2D eigenvalue weighted by Crippen LogP contribution is -2.44. The van der Waals surface area contributed by atoms with Gasteiger partial charge in [-0.3, -0.25) is 0 Å². The second-order valence-electron chi connectivity index (χ2n) is 5.27. The van der Waals surface area contributed by atoms with Crippen LogP contribution in [-0.4, -0.2) is 36.2 Å². The minimum Gasteiger partial charge on any atom is -0.394 e. The molecule has 0 radical (unpaired) electrons. The Hall–Kier alpha value is -0.900. The first kappa shape index (κ1) is 16.2. The van der Waals surface area contributed by atoms with Gasteiger partial charge in [-0.25, -0.2) is 0 Å². The van der Waals surface area contributed by atoms with E-state index in [0.717, 1.165) is 44.5 Å². The highest BCUT2D eigenvalue weighted by molar-refractivity contribution is 5.24. The number of aliphatic hydroxyl groups is 1. The van der Waals surface area contributed by atoms with Gasteiger partial charge in [0.1, 0.15) is 0 Å². The van der Waals surface area contributed by atoms with Crippen molar-refractivity contribution in [3.63, 3.8) is 0 Å². The largest absolute Gasteiger partial charge is 0.394 e. The predicted octanol–water partition coefficient (Wildman–Crippen LogP) is 2.35. The Morgan fingerprint density at radius 3 is 2.11 bits per heavy atom. The number of aliphatic hydroxyl groups excluding tert-OH is 1. The van der Waals surface area contributed by atoms with Gasteiger partial charge in [-0.1, -0.05) is 44.2 Å². The van der Waals surface area contributed by atoms with E-state index in [9.17, 15) is 5.11 Å². The van der Waals surface area contributed by atoms with Crippen LogP contribution in [0.5, 0.6) is 0 Å². The molecule has 3 heteroatoms. The minimum atomic E-state index is -0.624. The van der Waals surface area contributed by atoms with Crippen LogP contribution in [0.25, 0.3) is 0 Å². The monoisotopic (exact) mass is 264 g/mol. The molecule has 0 aliphatic carbocycles. The fourth-order valence-electron chi connectivity index (χ4n) is 2.41. The molecule has 0 bridgehead atoms. The van der Waals surface area contributed by atoms with E-state index in [4.69, 9.17) is 5.73 Å². The molecule has 0 saturated carbocycles. The lowest BCUT2D eigenvalue weighted by atomic mass is 9.88. The topological polar surface area (TPSA) is 49.5 Å². The Labute approximate surface area is 117 Å². The van der Waals surface area contributed by atoms with Crippen molar-refractivity contribution in [1.29, 1.82) is 0 Å². The summed E-state index contributed by atoms with van der Waals surface area (Å²) in [7, 11) is 0. The molecule has 0 amide bonds. The van der Waals surface area contributed by atoms with Crippen molar-refractivity contribution in [2.75, 3.05) is 26.2 Å². The summed E-state index contributed by atoms with van der Waals surface area (Å²) in [4.78, 5) is 2.43. The highest BCUT2D eigenvalue weighted by atomic mass is 16.3. The van der Waals surface area contributed by atoms with Gasteiger partial charge >= 0.3 is 0 Å². The summed E-state index contributed by atoms with van der Waals surface area (Å²) in [5, 5.41) is 9.67. The molecule has 1 aromatic rings. The van der Waals surface area contributed by atoms with Crippen LogP contribution in [0.2, 0.25) is 0 Å². The fraction of sp³-hybridized carbons (Fsp3) is 0.625. The number of hydrogen-bond acceptors (Lipinski definition) is 3. The van der Waals surface area contributed by atoms with Crippen molar-refractivity contribution in [3.8, 4) is 0 Å². The van der Waals surface area contributed by atoms with E-state index in [1.54, 1.807) is 0 Å². The molecule has 0 heterocycles. The summed E-state index contributed by atoms with van der Waals surface area (Å²) < 4.78 is 0. The molecule has 19 heavy (non-hydrogen) atoms. The average molecular weight is 264 g/mol. The lowest BCUT2D eigenvalue weighted by molar-refractivity contribution is 0.162. The van der Waals surface area contributed by atoms with Gasteiger partial charge in [0.15, 0.2) is 0 Å². The molecule has 1 aromatic carbocycles. The first-order chi connectivity index (χ1) is 9.16. The maximum absolute atomic E-state index is 9.67. The summed E-state index contributed by atoms with van der Waals surface area (Å²) in [5.74, 6) is 0. The molecule has 0 saturated heterocycles. The fourth-order valence-corrected chi connectivity index (χ4v) is 2.41. The van der Waals surface area contributed by atoms with E-state index >= 15 is 0 Å². The molecule has 0 aromatic heterocycles. The first-order valence-corrected chi connectivity index (χ1v) is 7.34. The lowest BCUT2D eigenvalue weighted by Gasteiger charge is -2.31. The van der Waals surface area contributed by atoms with E-state index in [0.29, 0.717) is 0 Å². The molecule has 0 aliphatic heterocycles. The van der Waals surface area contributed by atoms with Gasteiger partial charge in [-0.2, -0.15) is 0 Å². The van der Waals surface area contributed by atoms with E-state index in [1.807, 2.05) is 30.3 Å². The van der Waals surface area contributed by atoms with Gasteiger partial charge in [0.2, 0.25) is 0 Å². The SMILES string of the molecule is CCCN(CCC)CCC(N)(CO)c1ccccc1. The minimum absolute atomic E-state index is 0.0108. The average Bonchev–Trinajstić information content (AvgIpc) is 2.46.